The van der Waals surface area contributed by atoms with Gasteiger partial charge in [0.15, 0.2) is 0 Å². The number of carbonyl (C=O) groups is 2. The van der Waals surface area contributed by atoms with Gasteiger partial charge in [-0.15, -0.1) is 26.3 Å². The predicted octanol–water partition coefficient (Wildman–Crippen LogP) is 9.26. The summed E-state index contributed by atoms with van der Waals surface area (Å²) in [6.07, 6.45) is 16.0. The Morgan fingerprint density at radius 3 is 1.37 bits per heavy atom. The minimum absolute atomic E-state index is 0.153. The molecule has 2 amide bonds. The Labute approximate surface area is 517 Å². The molecular formula is C66H82Cl2N4O12S2. The van der Waals surface area contributed by atoms with Crippen molar-refractivity contribution in [2.75, 3.05) is 73.9 Å². The summed E-state index contributed by atoms with van der Waals surface area (Å²) in [5.74, 6) is -1.68. The van der Waals surface area contributed by atoms with Crippen LogP contribution in [0.5, 0.6) is 11.5 Å². The molecule has 2 fully saturated rings. The third kappa shape index (κ3) is 14.7. The Balaban J connectivity index is 0.000000205. The van der Waals surface area contributed by atoms with Crippen molar-refractivity contribution < 1.29 is 56.3 Å². The molecule has 0 bridgehead atoms. The van der Waals surface area contributed by atoms with E-state index in [1.807, 2.05) is 24.3 Å². The van der Waals surface area contributed by atoms with Crippen molar-refractivity contribution in [2.45, 2.75) is 100 Å². The van der Waals surface area contributed by atoms with Crippen molar-refractivity contribution in [1.29, 1.82) is 0 Å². The van der Waals surface area contributed by atoms with E-state index in [1.165, 1.54) is 34.4 Å². The number of amides is 2. The predicted molar refractivity (Wildman–Crippen MR) is 339 cm³/mol. The fourth-order valence-electron chi connectivity index (χ4n) is 13.9. The van der Waals surface area contributed by atoms with E-state index in [2.05, 4.69) is 57.7 Å². The maximum absolute atomic E-state index is 13.2. The van der Waals surface area contributed by atoms with Crippen molar-refractivity contribution in [3.8, 4) is 11.5 Å². The second-order valence-corrected chi connectivity index (χ2v) is 28.9. The molecule has 4 aromatic rings. The molecule has 0 unspecified atom stereocenters. The van der Waals surface area contributed by atoms with Gasteiger partial charge in [0.25, 0.3) is 11.8 Å². The van der Waals surface area contributed by atoms with Crippen molar-refractivity contribution in [1.82, 2.24) is 9.44 Å². The summed E-state index contributed by atoms with van der Waals surface area (Å²) in [6, 6.07) is 22.2. The van der Waals surface area contributed by atoms with E-state index in [1.54, 1.807) is 48.6 Å². The summed E-state index contributed by atoms with van der Waals surface area (Å²) in [5, 5.41) is 41.8. The summed E-state index contributed by atoms with van der Waals surface area (Å²) in [7, 11) is -8.02. The number of aliphatic hydroxyl groups excluding tert-OH is 4. The Morgan fingerprint density at radius 2 is 1.02 bits per heavy atom. The number of nitrogens with zero attached hydrogens (tertiary/aromatic N) is 2. The van der Waals surface area contributed by atoms with Crippen LogP contribution in [-0.2, 0) is 43.7 Å². The van der Waals surface area contributed by atoms with Crippen LogP contribution < -0.4 is 28.7 Å². The lowest BCUT2D eigenvalue weighted by Crippen LogP contribution is -2.49. The first-order chi connectivity index (χ1) is 41.1. The SMILES string of the molecule is C=CC[C@H](O)[C@@H]1CC[C@H]1CN1C[C@@]2(CCCc3cc(Cl)ccc32)COc2ccc(C(=O)NS(=O)(=O)C[C@@H](C=C)CO)cc21.C=CC[C@H](O)[C@@H]1CC[C@H]1CN1C[C@@]2(CCCc3cc(Cl)ccc32)COc2ccc(C(=O)NS(=O)(=O)C[C@H](C=C)CO)cc21. The van der Waals surface area contributed by atoms with E-state index in [4.69, 9.17) is 32.7 Å². The Bertz CT molecular complexity index is 3180. The van der Waals surface area contributed by atoms with Gasteiger partial charge in [-0.2, -0.15) is 0 Å². The van der Waals surface area contributed by atoms with Crippen LogP contribution in [-0.4, -0.2) is 125 Å². The van der Waals surface area contributed by atoms with E-state index in [-0.39, 0.29) is 58.8 Å². The topological polar surface area (TPSA) is 232 Å². The minimum Gasteiger partial charge on any atom is -0.490 e. The zero-order valence-electron chi connectivity index (χ0n) is 48.8. The lowest BCUT2D eigenvalue weighted by Gasteiger charge is -2.45. The first-order valence-corrected chi connectivity index (χ1v) is 34.0. The highest BCUT2D eigenvalue weighted by Gasteiger charge is 2.46. The highest BCUT2D eigenvalue weighted by molar-refractivity contribution is 7.90. The highest BCUT2D eigenvalue weighted by Crippen LogP contribution is 2.49. The van der Waals surface area contributed by atoms with Gasteiger partial charge in [-0.3, -0.25) is 9.59 Å². The number of halogens is 2. The smallest absolute Gasteiger partial charge is 0.264 e. The molecule has 6 N–H and O–H groups in total. The maximum atomic E-state index is 13.2. The lowest BCUT2D eigenvalue weighted by atomic mass is 9.68. The summed E-state index contributed by atoms with van der Waals surface area (Å²) in [5.41, 5.74) is 6.14. The fraction of sp³-hybridized carbons (Fsp3) is 0.485. The van der Waals surface area contributed by atoms with Gasteiger partial charge in [-0.1, -0.05) is 59.6 Å². The minimum atomic E-state index is -4.01. The molecule has 20 heteroatoms. The molecule has 2 heterocycles. The standard InChI is InChI=1S/2C33H41ClN2O6S/c2*1-3-6-30(38)27-11-8-25(27)17-36-20-33(14-5-7-23-15-26(34)10-12-28(23)33)21-42-31-13-9-24(16-29(31)36)32(39)35-43(40,41)19-22(4-2)18-37/h2*3-4,9-10,12-13,15-16,22,25,27,30,37-38H,1-2,5-8,11,14,17-21H2,(H,35,39)/t22-,25+,27-,30+,33+;22-,25-,27+,30-,33-/m10/s1. The zero-order valence-corrected chi connectivity index (χ0v) is 51.9. The van der Waals surface area contributed by atoms with Gasteiger partial charge in [0.05, 0.1) is 61.5 Å². The normalized spacial score (nSPS) is 24.4. The van der Waals surface area contributed by atoms with Crippen molar-refractivity contribution >= 4 is 66.4 Å². The number of sulfonamides is 2. The molecule has 86 heavy (non-hydrogen) atoms. The number of hydrogen-bond acceptors (Lipinski definition) is 14. The molecule has 0 radical (unpaired) electrons. The van der Waals surface area contributed by atoms with Crippen LogP contribution in [0.4, 0.5) is 11.4 Å². The summed E-state index contributed by atoms with van der Waals surface area (Å²) < 4.78 is 68.0. The van der Waals surface area contributed by atoms with Gasteiger partial charge in [-0.05, 0) is 184 Å². The second-order valence-electron chi connectivity index (χ2n) is 24.5. The number of benzene rings is 4. The number of anilines is 2. The number of ether oxygens (including phenoxy) is 2. The Morgan fingerprint density at radius 1 is 0.616 bits per heavy atom. The lowest BCUT2D eigenvalue weighted by molar-refractivity contribution is 0.0176. The molecule has 10 atom stereocenters. The van der Waals surface area contributed by atoms with E-state index in [0.717, 1.165) is 75.6 Å². The third-order valence-corrected chi connectivity index (χ3v) is 22.0. The number of hydrogen-bond donors (Lipinski definition) is 6. The van der Waals surface area contributed by atoms with Gasteiger partial charge in [0.1, 0.15) is 11.5 Å². The third-order valence-electron chi connectivity index (χ3n) is 18.8. The van der Waals surface area contributed by atoms with Crippen LogP contribution in [0.3, 0.4) is 0 Å². The van der Waals surface area contributed by atoms with Crippen LogP contribution >= 0.6 is 23.2 Å². The van der Waals surface area contributed by atoms with E-state index >= 15 is 0 Å². The highest BCUT2D eigenvalue weighted by atomic mass is 35.5. The molecule has 16 nitrogen and oxygen atoms in total. The molecule has 2 spiro atoms. The number of nitrogens with one attached hydrogen (secondary N) is 2. The molecule has 0 aromatic heterocycles. The molecule has 0 saturated heterocycles. The van der Waals surface area contributed by atoms with Gasteiger partial charge >= 0.3 is 0 Å². The molecular weight excluding hydrogens is 1180 g/mol. The number of aliphatic hydroxyl groups is 4. The fourth-order valence-corrected chi connectivity index (χ4v) is 16.8. The average Bonchev–Trinajstić information content (AvgIpc) is 1.50. The van der Waals surface area contributed by atoms with Crippen molar-refractivity contribution in [3.05, 3.63) is 167 Å². The van der Waals surface area contributed by atoms with Crippen LogP contribution in [0.1, 0.15) is 107 Å². The first kappa shape index (κ1) is 64.8. The molecule has 6 aliphatic rings. The molecule has 4 aromatic carbocycles. The summed E-state index contributed by atoms with van der Waals surface area (Å²) in [4.78, 5) is 30.9. The number of aryl methyl sites for hydroxylation is 2. The Kier molecular flexibility index (Phi) is 20.9. The molecule has 464 valence electrons. The number of fused-ring (bicyclic) bond motifs is 6. The maximum Gasteiger partial charge on any atom is 0.264 e. The van der Waals surface area contributed by atoms with Crippen LogP contribution in [0.25, 0.3) is 0 Å². The monoisotopic (exact) mass is 1260 g/mol. The first-order valence-electron chi connectivity index (χ1n) is 29.9. The quantitative estimate of drug-likeness (QED) is 0.0403. The summed E-state index contributed by atoms with van der Waals surface area (Å²) in [6.45, 7) is 17.5. The van der Waals surface area contributed by atoms with Crippen LogP contribution in [0.2, 0.25) is 10.0 Å². The van der Waals surface area contributed by atoms with Gasteiger partial charge in [-0.25, -0.2) is 26.3 Å². The Hall–Kier alpha value is -5.70. The van der Waals surface area contributed by atoms with Crippen LogP contribution in [0.15, 0.2) is 123 Å². The summed E-state index contributed by atoms with van der Waals surface area (Å²) >= 11 is 12.7. The largest absolute Gasteiger partial charge is 0.490 e. The second kappa shape index (κ2) is 27.8. The molecule has 2 aliphatic heterocycles. The van der Waals surface area contributed by atoms with Crippen molar-refractivity contribution in [3.63, 3.8) is 0 Å². The van der Waals surface area contributed by atoms with Gasteiger partial charge in [0, 0.05) is 70.0 Å². The van der Waals surface area contributed by atoms with Crippen molar-refractivity contribution in [2.24, 2.45) is 35.5 Å². The molecule has 10 rings (SSSR count). The van der Waals surface area contributed by atoms with E-state index < -0.39 is 67.4 Å². The number of carbonyl (C=O) groups excluding carboxylic acids is 2. The zero-order chi connectivity index (χ0) is 61.6. The average molecular weight is 1260 g/mol. The van der Waals surface area contributed by atoms with E-state index in [0.29, 0.717) is 73.8 Å². The van der Waals surface area contributed by atoms with Crippen LogP contribution in [0, 0.1) is 35.5 Å². The molecule has 2 saturated carbocycles. The molecule has 4 aliphatic carbocycles. The van der Waals surface area contributed by atoms with Gasteiger partial charge in [0.2, 0.25) is 20.0 Å². The van der Waals surface area contributed by atoms with E-state index in [9.17, 15) is 46.9 Å². The van der Waals surface area contributed by atoms with Gasteiger partial charge < -0.3 is 39.7 Å². The number of rotatable bonds is 22.